The molecular weight excluding hydrogens is 216 g/mol. The van der Waals surface area contributed by atoms with E-state index in [9.17, 15) is 0 Å². The van der Waals surface area contributed by atoms with Gasteiger partial charge in [-0.3, -0.25) is 0 Å². The molecule has 0 atom stereocenters. The molecule has 0 aliphatic rings. The number of hydrogen-bond donors (Lipinski definition) is 3. The van der Waals surface area contributed by atoms with Crippen LogP contribution < -0.4 is 16.4 Å². The van der Waals surface area contributed by atoms with E-state index in [1.807, 2.05) is 37.3 Å². The summed E-state index contributed by atoms with van der Waals surface area (Å²) >= 11 is 0. The molecule has 0 saturated heterocycles. The summed E-state index contributed by atoms with van der Waals surface area (Å²) in [6.45, 7) is 2.69. The summed E-state index contributed by atoms with van der Waals surface area (Å²) < 4.78 is 0. The largest absolute Gasteiger partial charge is 0.368 e. The highest BCUT2D eigenvalue weighted by Crippen LogP contribution is 2.13. The van der Waals surface area contributed by atoms with Gasteiger partial charge in [0.05, 0.1) is 0 Å². The third-order valence-electron chi connectivity index (χ3n) is 2.02. The van der Waals surface area contributed by atoms with Gasteiger partial charge in [0, 0.05) is 12.2 Å². The number of nitrogens with two attached hydrogens (primary N) is 1. The van der Waals surface area contributed by atoms with Crippen molar-refractivity contribution in [2.24, 2.45) is 0 Å². The number of nitrogen functional groups attached to an aromatic ring is 1. The fourth-order valence-corrected chi connectivity index (χ4v) is 1.34. The number of para-hydroxylation sites is 1. The highest BCUT2D eigenvalue weighted by molar-refractivity contribution is 5.54. The van der Waals surface area contributed by atoms with Crippen molar-refractivity contribution in [2.75, 3.05) is 22.9 Å². The Bertz CT molecular complexity index is 485. The minimum absolute atomic E-state index is 0.189. The molecule has 17 heavy (non-hydrogen) atoms. The minimum atomic E-state index is 0.189. The molecule has 2 aromatic rings. The van der Waals surface area contributed by atoms with Crippen molar-refractivity contribution in [1.82, 2.24) is 15.0 Å². The maximum Gasteiger partial charge on any atom is 0.233 e. The van der Waals surface area contributed by atoms with E-state index >= 15 is 0 Å². The molecule has 0 spiro atoms. The zero-order valence-corrected chi connectivity index (χ0v) is 9.51. The van der Waals surface area contributed by atoms with Crippen LogP contribution in [0.15, 0.2) is 30.3 Å². The molecular formula is C11H14N6. The first-order valence-corrected chi connectivity index (χ1v) is 5.35. The number of benzene rings is 1. The molecule has 1 heterocycles. The van der Waals surface area contributed by atoms with Crippen molar-refractivity contribution in [1.29, 1.82) is 0 Å². The maximum atomic E-state index is 5.60. The Hall–Kier alpha value is -2.37. The van der Waals surface area contributed by atoms with Gasteiger partial charge in [-0.15, -0.1) is 0 Å². The molecule has 0 fully saturated rings. The van der Waals surface area contributed by atoms with E-state index in [-0.39, 0.29) is 5.95 Å². The molecule has 6 heteroatoms. The maximum absolute atomic E-state index is 5.60. The lowest BCUT2D eigenvalue weighted by Gasteiger charge is -2.07. The Morgan fingerprint density at radius 3 is 2.47 bits per heavy atom. The fraction of sp³-hybridized carbons (Fsp3) is 0.182. The van der Waals surface area contributed by atoms with Gasteiger partial charge in [0.25, 0.3) is 0 Å². The second kappa shape index (κ2) is 5.11. The normalized spacial score (nSPS) is 9.94. The van der Waals surface area contributed by atoms with E-state index in [0.29, 0.717) is 11.9 Å². The number of rotatable bonds is 4. The lowest BCUT2D eigenvalue weighted by atomic mass is 10.3. The molecule has 0 unspecified atom stereocenters. The van der Waals surface area contributed by atoms with Gasteiger partial charge >= 0.3 is 0 Å². The van der Waals surface area contributed by atoms with Crippen LogP contribution in [0.1, 0.15) is 6.92 Å². The number of anilines is 4. The van der Waals surface area contributed by atoms with Crippen molar-refractivity contribution in [3.05, 3.63) is 30.3 Å². The van der Waals surface area contributed by atoms with Crippen molar-refractivity contribution in [2.45, 2.75) is 6.92 Å². The van der Waals surface area contributed by atoms with Crippen LogP contribution in [-0.2, 0) is 0 Å². The van der Waals surface area contributed by atoms with Gasteiger partial charge < -0.3 is 16.4 Å². The third kappa shape index (κ3) is 3.04. The lowest BCUT2D eigenvalue weighted by Crippen LogP contribution is -2.08. The quantitative estimate of drug-likeness (QED) is 0.739. The summed E-state index contributed by atoms with van der Waals surface area (Å²) in [6.07, 6.45) is 0. The zero-order valence-electron chi connectivity index (χ0n) is 9.51. The highest BCUT2D eigenvalue weighted by atomic mass is 15.2. The zero-order chi connectivity index (χ0) is 12.1. The molecule has 1 aromatic carbocycles. The summed E-state index contributed by atoms with van der Waals surface area (Å²) in [5.41, 5.74) is 6.50. The predicted molar refractivity (Wildman–Crippen MR) is 68.1 cm³/mol. The average molecular weight is 230 g/mol. The van der Waals surface area contributed by atoms with Gasteiger partial charge in [-0.2, -0.15) is 15.0 Å². The second-order valence-corrected chi connectivity index (χ2v) is 3.36. The Morgan fingerprint density at radius 1 is 1.06 bits per heavy atom. The molecule has 4 N–H and O–H groups in total. The second-order valence-electron chi connectivity index (χ2n) is 3.36. The van der Waals surface area contributed by atoms with Crippen LogP contribution in [0, 0.1) is 0 Å². The molecule has 0 aliphatic heterocycles. The number of nitrogens with zero attached hydrogens (tertiary/aromatic N) is 3. The molecule has 0 aliphatic carbocycles. The molecule has 0 bridgehead atoms. The summed E-state index contributed by atoms with van der Waals surface area (Å²) in [4.78, 5) is 12.2. The van der Waals surface area contributed by atoms with Crippen LogP contribution >= 0.6 is 0 Å². The third-order valence-corrected chi connectivity index (χ3v) is 2.02. The summed E-state index contributed by atoms with van der Waals surface area (Å²) in [5, 5.41) is 6.05. The van der Waals surface area contributed by atoms with Gasteiger partial charge in [0.2, 0.25) is 17.8 Å². The van der Waals surface area contributed by atoms with Crippen molar-refractivity contribution in [3.63, 3.8) is 0 Å². The molecule has 0 amide bonds. The van der Waals surface area contributed by atoms with Crippen LogP contribution in [0.25, 0.3) is 0 Å². The van der Waals surface area contributed by atoms with E-state index < -0.39 is 0 Å². The Morgan fingerprint density at radius 2 is 1.76 bits per heavy atom. The van der Waals surface area contributed by atoms with Gasteiger partial charge in [-0.1, -0.05) is 18.2 Å². The van der Waals surface area contributed by atoms with Gasteiger partial charge in [-0.05, 0) is 19.1 Å². The van der Waals surface area contributed by atoms with E-state index in [2.05, 4.69) is 25.6 Å². The molecule has 2 rings (SSSR count). The van der Waals surface area contributed by atoms with E-state index in [4.69, 9.17) is 5.73 Å². The van der Waals surface area contributed by atoms with Crippen LogP contribution in [0.3, 0.4) is 0 Å². The molecule has 1 aromatic heterocycles. The van der Waals surface area contributed by atoms with Crippen molar-refractivity contribution in [3.8, 4) is 0 Å². The molecule has 6 nitrogen and oxygen atoms in total. The van der Waals surface area contributed by atoms with Gasteiger partial charge in [-0.25, -0.2) is 0 Å². The van der Waals surface area contributed by atoms with Crippen LogP contribution in [0.2, 0.25) is 0 Å². The van der Waals surface area contributed by atoms with E-state index in [1.54, 1.807) is 0 Å². The van der Waals surface area contributed by atoms with Gasteiger partial charge in [0.15, 0.2) is 0 Å². The molecule has 0 saturated carbocycles. The standard InChI is InChI=1S/C11H14N6/c1-2-13-10-15-9(12)16-11(17-10)14-8-6-4-3-5-7-8/h3-7H,2H2,1H3,(H4,12,13,14,15,16,17). The molecule has 88 valence electrons. The predicted octanol–water partition coefficient (Wildman–Crippen LogP) is 1.63. The number of nitrogens with one attached hydrogen (secondary N) is 2. The highest BCUT2D eigenvalue weighted by Gasteiger charge is 2.03. The SMILES string of the molecule is CCNc1nc(N)nc(Nc2ccccc2)n1. The minimum Gasteiger partial charge on any atom is -0.368 e. The van der Waals surface area contributed by atoms with E-state index in [0.717, 1.165) is 12.2 Å². The number of hydrogen-bond acceptors (Lipinski definition) is 6. The van der Waals surface area contributed by atoms with Crippen molar-refractivity contribution < 1.29 is 0 Å². The Balaban J connectivity index is 2.21. The summed E-state index contributed by atoms with van der Waals surface area (Å²) in [6, 6.07) is 9.65. The van der Waals surface area contributed by atoms with Crippen LogP contribution in [0.4, 0.5) is 23.5 Å². The smallest absolute Gasteiger partial charge is 0.233 e. The van der Waals surface area contributed by atoms with Crippen LogP contribution in [-0.4, -0.2) is 21.5 Å². The first-order valence-electron chi connectivity index (χ1n) is 5.35. The van der Waals surface area contributed by atoms with Crippen LogP contribution in [0.5, 0.6) is 0 Å². The average Bonchev–Trinajstić information content (AvgIpc) is 2.30. The number of aromatic nitrogens is 3. The summed E-state index contributed by atoms with van der Waals surface area (Å²) in [5.74, 6) is 1.09. The fourth-order valence-electron chi connectivity index (χ4n) is 1.34. The first kappa shape index (κ1) is 11.1. The first-order chi connectivity index (χ1) is 8.28. The van der Waals surface area contributed by atoms with E-state index in [1.165, 1.54) is 0 Å². The Kier molecular flexibility index (Phi) is 3.34. The summed E-state index contributed by atoms with van der Waals surface area (Å²) in [7, 11) is 0. The Labute approximate surface area is 99.3 Å². The van der Waals surface area contributed by atoms with Gasteiger partial charge in [0.1, 0.15) is 0 Å². The molecule has 0 radical (unpaired) electrons. The monoisotopic (exact) mass is 230 g/mol. The lowest BCUT2D eigenvalue weighted by molar-refractivity contribution is 1.03. The van der Waals surface area contributed by atoms with Crippen molar-refractivity contribution >= 4 is 23.5 Å². The topological polar surface area (TPSA) is 88.8 Å².